The molecule has 0 atom stereocenters. The van der Waals surface area contributed by atoms with Crippen LogP contribution < -0.4 is 15.4 Å². The van der Waals surface area contributed by atoms with Crippen LogP contribution in [-0.2, 0) is 9.59 Å². The number of hydrogen-bond donors (Lipinski definition) is 3. The number of methoxy groups -OCH3 is 1. The Hall–Kier alpha value is -2.62. The minimum atomic E-state index is -0.567. The molecular weight excluding hydrogens is 412 g/mol. The zero-order valence-corrected chi connectivity index (χ0v) is 18.1. The first-order valence-electron chi connectivity index (χ1n) is 9.69. The molecule has 164 valence electrons. The van der Waals surface area contributed by atoms with Gasteiger partial charge in [0, 0.05) is 25.2 Å². The Balaban J connectivity index is 2.14. The molecule has 0 aromatic heterocycles. The number of nitrogens with one attached hydrogen (secondary N) is 2. The number of amides is 3. The molecule has 0 saturated carbocycles. The van der Waals surface area contributed by atoms with Crippen LogP contribution in [0.5, 0.6) is 5.75 Å². The molecule has 0 aliphatic carbocycles. The fourth-order valence-corrected chi connectivity index (χ4v) is 3.22. The second-order valence-corrected chi connectivity index (χ2v) is 6.92. The third-order valence-corrected chi connectivity index (χ3v) is 5.06. The fraction of sp³-hybridized carbons (Fsp3) is 0.450. The molecule has 0 fully saturated rings. The monoisotopic (exact) mass is 438 g/mol. The Bertz CT molecular complexity index is 839. The van der Waals surface area contributed by atoms with Gasteiger partial charge in [-0.15, -0.1) is 0 Å². The second kappa shape index (κ2) is 11.0. The number of carbonyl (C=O) groups excluding carboxylic acids is 3. The van der Waals surface area contributed by atoms with E-state index < -0.39 is 11.8 Å². The van der Waals surface area contributed by atoms with Crippen LogP contribution in [-0.4, -0.2) is 79.1 Å². The van der Waals surface area contributed by atoms with Crippen molar-refractivity contribution in [2.75, 3.05) is 51.8 Å². The van der Waals surface area contributed by atoms with Crippen molar-refractivity contribution in [2.45, 2.75) is 13.8 Å². The highest BCUT2D eigenvalue weighted by atomic mass is 35.5. The van der Waals surface area contributed by atoms with E-state index in [1.807, 2.05) is 0 Å². The number of hydrogen-bond acceptors (Lipinski definition) is 7. The predicted molar refractivity (Wildman–Crippen MR) is 114 cm³/mol. The van der Waals surface area contributed by atoms with E-state index in [9.17, 15) is 14.4 Å². The maximum Gasteiger partial charge on any atom is 0.277 e. The summed E-state index contributed by atoms with van der Waals surface area (Å²) >= 11 is 6.31. The number of imide groups is 1. The number of nitrogens with zero attached hydrogens (tertiary/aromatic N) is 2. The number of aliphatic hydroxyl groups excluding tert-OH is 1. The fourth-order valence-electron chi connectivity index (χ4n) is 3.01. The summed E-state index contributed by atoms with van der Waals surface area (Å²) in [4.78, 5) is 39.9. The first-order chi connectivity index (χ1) is 14.4. The standard InChI is InChI=1S/C20H27ClN4O5/c1-4-24(5-2)7-6-22-19(28)13-10-14(21)15(11-17(13)30-3)23-16-12-18(27)25(8-9-26)20(16)29/h10-12,23,26H,4-9H2,1-3H3,(H,22,28). The Morgan fingerprint density at radius 3 is 2.57 bits per heavy atom. The SMILES string of the molecule is CCN(CC)CCNC(=O)c1cc(Cl)c(NC2=CC(=O)N(CCO)C2=O)cc1OC. The molecule has 1 aliphatic rings. The molecule has 0 spiro atoms. The van der Waals surface area contributed by atoms with Crippen LogP contribution in [0, 0.1) is 0 Å². The quantitative estimate of drug-likeness (QED) is 0.443. The number of likely N-dealkylation sites (N-methyl/N-ethyl adjacent to an activating group) is 1. The Morgan fingerprint density at radius 1 is 1.27 bits per heavy atom. The lowest BCUT2D eigenvalue weighted by atomic mass is 10.1. The molecule has 1 heterocycles. The van der Waals surface area contributed by atoms with Gasteiger partial charge < -0.3 is 25.4 Å². The Kier molecular flexibility index (Phi) is 8.64. The van der Waals surface area contributed by atoms with Crippen molar-refractivity contribution in [2.24, 2.45) is 0 Å². The first kappa shape index (κ1) is 23.7. The minimum absolute atomic E-state index is 0.0221. The molecule has 1 aromatic rings. The normalized spacial score (nSPS) is 13.7. The van der Waals surface area contributed by atoms with Gasteiger partial charge in [-0.1, -0.05) is 25.4 Å². The van der Waals surface area contributed by atoms with Crippen LogP contribution in [0.3, 0.4) is 0 Å². The van der Waals surface area contributed by atoms with Gasteiger partial charge in [0.15, 0.2) is 0 Å². The van der Waals surface area contributed by atoms with E-state index in [0.717, 1.165) is 30.6 Å². The minimum Gasteiger partial charge on any atom is -0.496 e. The van der Waals surface area contributed by atoms with Crippen LogP contribution in [0.25, 0.3) is 0 Å². The molecule has 9 nitrogen and oxygen atoms in total. The Morgan fingerprint density at radius 2 is 1.97 bits per heavy atom. The highest BCUT2D eigenvalue weighted by Gasteiger charge is 2.31. The summed E-state index contributed by atoms with van der Waals surface area (Å²) in [7, 11) is 1.42. The van der Waals surface area contributed by atoms with Crippen molar-refractivity contribution < 1.29 is 24.2 Å². The third-order valence-electron chi connectivity index (χ3n) is 4.74. The average Bonchev–Trinajstić information content (AvgIpc) is 3.00. The van der Waals surface area contributed by atoms with Gasteiger partial charge in [0.25, 0.3) is 17.7 Å². The van der Waals surface area contributed by atoms with Crippen LogP contribution in [0.4, 0.5) is 5.69 Å². The number of anilines is 1. The van der Waals surface area contributed by atoms with Crippen molar-refractivity contribution in [3.05, 3.63) is 34.5 Å². The van der Waals surface area contributed by atoms with Gasteiger partial charge in [-0.05, 0) is 19.2 Å². The van der Waals surface area contributed by atoms with Gasteiger partial charge in [-0.3, -0.25) is 19.3 Å². The summed E-state index contributed by atoms with van der Waals surface area (Å²) in [5.41, 5.74) is 0.595. The van der Waals surface area contributed by atoms with Crippen molar-refractivity contribution in [1.29, 1.82) is 0 Å². The van der Waals surface area contributed by atoms with Crippen molar-refractivity contribution in [3.63, 3.8) is 0 Å². The number of benzene rings is 1. The van der Waals surface area contributed by atoms with Crippen LogP contribution in [0.2, 0.25) is 5.02 Å². The van der Waals surface area contributed by atoms with Gasteiger partial charge in [0.1, 0.15) is 11.4 Å². The molecular formula is C20H27ClN4O5. The van der Waals surface area contributed by atoms with E-state index in [1.54, 1.807) is 0 Å². The predicted octanol–water partition coefficient (Wildman–Crippen LogP) is 1.08. The van der Waals surface area contributed by atoms with E-state index in [4.69, 9.17) is 21.4 Å². The van der Waals surface area contributed by atoms with Crippen molar-refractivity contribution in [1.82, 2.24) is 15.1 Å². The molecule has 2 rings (SSSR count). The third kappa shape index (κ3) is 5.50. The first-order valence-corrected chi connectivity index (χ1v) is 10.1. The van der Waals surface area contributed by atoms with Crippen molar-refractivity contribution in [3.8, 4) is 5.75 Å². The number of aliphatic hydroxyl groups is 1. The zero-order chi connectivity index (χ0) is 22.3. The van der Waals surface area contributed by atoms with Gasteiger partial charge in [0.2, 0.25) is 0 Å². The number of β-amino-alcohol motifs (C(OH)–C–C–N with tert-alkyl or cyclic N) is 1. The van der Waals surface area contributed by atoms with E-state index in [1.165, 1.54) is 19.2 Å². The summed E-state index contributed by atoms with van der Waals surface area (Å²) in [6.07, 6.45) is 1.13. The number of carbonyl (C=O) groups is 3. The summed E-state index contributed by atoms with van der Waals surface area (Å²) in [6, 6.07) is 2.94. The largest absolute Gasteiger partial charge is 0.496 e. The maximum absolute atomic E-state index is 12.6. The molecule has 0 saturated heterocycles. The van der Waals surface area contributed by atoms with E-state index >= 15 is 0 Å². The highest BCUT2D eigenvalue weighted by Crippen LogP contribution is 2.32. The van der Waals surface area contributed by atoms with Gasteiger partial charge >= 0.3 is 0 Å². The Labute approximate surface area is 180 Å². The lowest BCUT2D eigenvalue weighted by Crippen LogP contribution is -2.35. The van der Waals surface area contributed by atoms with Crippen LogP contribution >= 0.6 is 11.6 Å². The lowest BCUT2D eigenvalue weighted by Gasteiger charge is -2.19. The summed E-state index contributed by atoms with van der Waals surface area (Å²) in [5, 5.41) is 14.8. The van der Waals surface area contributed by atoms with E-state index in [0.29, 0.717) is 12.2 Å². The van der Waals surface area contributed by atoms with Gasteiger partial charge in [-0.2, -0.15) is 0 Å². The van der Waals surface area contributed by atoms with Crippen LogP contribution in [0.1, 0.15) is 24.2 Å². The van der Waals surface area contributed by atoms with Gasteiger partial charge in [0.05, 0.1) is 36.5 Å². The topological polar surface area (TPSA) is 111 Å². The molecule has 3 N–H and O–H groups in total. The molecule has 30 heavy (non-hydrogen) atoms. The average molecular weight is 439 g/mol. The molecule has 1 aliphatic heterocycles. The summed E-state index contributed by atoms with van der Waals surface area (Å²) < 4.78 is 5.32. The smallest absolute Gasteiger partial charge is 0.277 e. The molecule has 10 heteroatoms. The van der Waals surface area contributed by atoms with Crippen molar-refractivity contribution >= 4 is 35.0 Å². The molecule has 0 radical (unpaired) electrons. The summed E-state index contributed by atoms with van der Waals surface area (Å²) in [5.74, 6) is -1.15. The van der Waals surface area contributed by atoms with Gasteiger partial charge in [-0.25, -0.2) is 0 Å². The van der Waals surface area contributed by atoms with E-state index in [2.05, 4.69) is 29.4 Å². The number of ether oxygens (including phenoxy) is 1. The highest BCUT2D eigenvalue weighted by molar-refractivity contribution is 6.34. The second-order valence-electron chi connectivity index (χ2n) is 6.52. The maximum atomic E-state index is 12.6. The molecule has 0 unspecified atom stereocenters. The molecule has 0 bridgehead atoms. The molecule has 3 amide bonds. The van der Waals surface area contributed by atoms with Crippen LogP contribution in [0.15, 0.2) is 23.9 Å². The number of rotatable bonds is 11. The summed E-state index contributed by atoms with van der Waals surface area (Å²) in [6.45, 7) is 6.69. The number of halogens is 1. The zero-order valence-electron chi connectivity index (χ0n) is 17.3. The lowest BCUT2D eigenvalue weighted by molar-refractivity contribution is -0.137. The molecule has 1 aromatic carbocycles. The van der Waals surface area contributed by atoms with E-state index in [-0.39, 0.29) is 41.1 Å².